The van der Waals surface area contributed by atoms with Crippen LogP contribution >= 0.6 is 27.7 Å². The molecule has 1 aromatic heterocycles. The molecule has 3 heterocycles. The summed E-state index contributed by atoms with van der Waals surface area (Å²) in [6.07, 6.45) is 5.90. The molecule has 1 amide bonds. The van der Waals surface area contributed by atoms with Crippen molar-refractivity contribution >= 4 is 67.1 Å². The molecular weight excluding hydrogens is 580 g/mol. The standard InChI is InChI=1S/C33H33BrN4OS/c1-3-37-32(39)31(40-33(37)35-26-15-17-27(18-16-26)36-19-7-4-8-20-36)21-29-23(2)38(30-10-6-5-9-28(29)30)22-24-11-13-25(34)14-12-24/h5-6,9-18,21H,3-4,7-8,19-20,22H2,1-2H3/b31-21-,35-33?. The minimum absolute atomic E-state index is 0.0142. The largest absolute Gasteiger partial charge is 0.372 e. The van der Waals surface area contributed by atoms with E-state index >= 15 is 0 Å². The molecule has 0 saturated carbocycles. The van der Waals surface area contributed by atoms with Gasteiger partial charge < -0.3 is 9.47 Å². The minimum atomic E-state index is 0.0142. The highest BCUT2D eigenvalue weighted by atomic mass is 79.9. The van der Waals surface area contributed by atoms with Crippen LogP contribution in [0.1, 0.15) is 43.0 Å². The smallest absolute Gasteiger partial charge is 0.266 e. The van der Waals surface area contributed by atoms with Gasteiger partial charge in [-0.15, -0.1) is 0 Å². The number of para-hydroxylation sites is 1. The molecule has 0 aliphatic carbocycles. The fourth-order valence-corrected chi connectivity index (χ4v) is 6.93. The summed E-state index contributed by atoms with van der Waals surface area (Å²) >= 11 is 5.00. The molecule has 7 heteroatoms. The van der Waals surface area contributed by atoms with Gasteiger partial charge in [0.2, 0.25) is 0 Å². The number of fused-ring (bicyclic) bond motifs is 1. The van der Waals surface area contributed by atoms with Crippen molar-refractivity contribution in [1.29, 1.82) is 0 Å². The van der Waals surface area contributed by atoms with Crippen LogP contribution in [0, 0.1) is 6.92 Å². The number of amidine groups is 1. The number of anilines is 1. The summed E-state index contributed by atoms with van der Waals surface area (Å²) in [7, 11) is 0. The van der Waals surface area contributed by atoms with Crippen LogP contribution in [0.4, 0.5) is 11.4 Å². The first-order valence-electron chi connectivity index (χ1n) is 14.0. The summed E-state index contributed by atoms with van der Waals surface area (Å²) in [6, 6.07) is 25.3. The lowest BCUT2D eigenvalue weighted by molar-refractivity contribution is -0.122. The number of aliphatic imine (C=N–C) groups is 1. The van der Waals surface area contributed by atoms with Gasteiger partial charge in [-0.1, -0.05) is 46.3 Å². The number of aromatic nitrogens is 1. The van der Waals surface area contributed by atoms with E-state index in [4.69, 9.17) is 4.99 Å². The Hall–Kier alpha value is -3.29. The van der Waals surface area contributed by atoms with E-state index in [-0.39, 0.29) is 5.91 Å². The average Bonchev–Trinajstić information content (AvgIpc) is 3.43. The molecule has 0 spiro atoms. The second-order valence-electron chi connectivity index (χ2n) is 10.3. The lowest BCUT2D eigenvalue weighted by atomic mass is 10.1. The molecule has 40 heavy (non-hydrogen) atoms. The van der Waals surface area contributed by atoms with Gasteiger partial charge in [-0.25, -0.2) is 4.99 Å². The number of amides is 1. The number of halogens is 1. The number of nitrogens with zero attached hydrogens (tertiary/aromatic N) is 4. The van der Waals surface area contributed by atoms with Crippen molar-refractivity contribution in [2.45, 2.75) is 39.7 Å². The van der Waals surface area contributed by atoms with Crippen molar-refractivity contribution in [2.24, 2.45) is 4.99 Å². The maximum atomic E-state index is 13.5. The zero-order chi connectivity index (χ0) is 27.6. The van der Waals surface area contributed by atoms with Crippen molar-refractivity contribution in [3.05, 3.63) is 99.0 Å². The Balaban J connectivity index is 1.31. The Kier molecular flexibility index (Phi) is 7.85. The molecule has 4 aromatic rings. The van der Waals surface area contributed by atoms with Crippen LogP contribution in [0.3, 0.4) is 0 Å². The zero-order valence-electron chi connectivity index (χ0n) is 22.9. The van der Waals surface area contributed by atoms with Gasteiger partial charge in [0, 0.05) is 58.5 Å². The topological polar surface area (TPSA) is 40.8 Å². The number of likely N-dealkylation sites (N-methyl/N-ethyl adjacent to an activating group) is 1. The highest BCUT2D eigenvalue weighted by Crippen LogP contribution is 2.37. The highest BCUT2D eigenvalue weighted by Gasteiger charge is 2.33. The summed E-state index contributed by atoms with van der Waals surface area (Å²) in [5.74, 6) is 0.0142. The second kappa shape index (κ2) is 11.7. The van der Waals surface area contributed by atoms with E-state index in [1.807, 2.05) is 6.92 Å². The Bertz CT molecular complexity index is 1600. The zero-order valence-corrected chi connectivity index (χ0v) is 25.3. The first-order chi connectivity index (χ1) is 19.5. The van der Waals surface area contributed by atoms with Crippen LogP contribution in [0.2, 0.25) is 0 Å². The fourth-order valence-electron chi connectivity index (χ4n) is 5.62. The number of piperidine rings is 1. The van der Waals surface area contributed by atoms with E-state index in [0.29, 0.717) is 11.4 Å². The molecule has 204 valence electrons. The van der Waals surface area contributed by atoms with Crippen LogP contribution < -0.4 is 4.90 Å². The molecule has 0 radical (unpaired) electrons. The van der Waals surface area contributed by atoms with E-state index in [1.165, 1.54) is 47.8 Å². The lowest BCUT2D eigenvalue weighted by Gasteiger charge is -2.28. The SMILES string of the molecule is CCN1C(=O)/C(=C/c2c(C)n(Cc3ccc(Br)cc3)c3ccccc23)SC1=Nc1ccc(N2CCCCC2)cc1. The number of hydrogen-bond acceptors (Lipinski definition) is 4. The van der Waals surface area contributed by atoms with Crippen molar-refractivity contribution in [1.82, 2.24) is 9.47 Å². The summed E-state index contributed by atoms with van der Waals surface area (Å²) in [6.45, 7) is 7.74. The molecule has 2 aliphatic heterocycles. The molecule has 2 saturated heterocycles. The summed E-state index contributed by atoms with van der Waals surface area (Å²) in [4.78, 5) is 23.4. The number of rotatable bonds is 6. The Morgan fingerprint density at radius 3 is 2.40 bits per heavy atom. The molecule has 0 unspecified atom stereocenters. The molecule has 2 fully saturated rings. The minimum Gasteiger partial charge on any atom is -0.372 e. The molecule has 5 nitrogen and oxygen atoms in total. The third-order valence-corrected chi connectivity index (χ3v) is 9.34. The monoisotopic (exact) mass is 612 g/mol. The van der Waals surface area contributed by atoms with Crippen LogP contribution in [0.5, 0.6) is 0 Å². The molecule has 6 rings (SSSR count). The maximum Gasteiger partial charge on any atom is 0.266 e. The van der Waals surface area contributed by atoms with Gasteiger partial charge in [-0.2, -0.15) is 0 Å². The second-order valence-corrected chi connectivity index (χ2v) is 12.3. The molecule has 3 aromatic carbocycles. The van der Waals surface area contributed by atoms with Crippen molar-refractivity contribution in [3.63, 3.8) is 0 Å². The van der Waals surface area contributed by atoms with Crippen molar-refractivity contribution < 1.29 is 4.79 Å². The Morgan fingerprint density at radius 1 is 0.950 bits per heavy atom. The quantitative estimate of drug-likeness (QED) is 0.205. The molecule has 0 atom stereocenters. The van der Waals surface area contributed by atoms with Gasteiger partial charge >= 0.3 is 0 Å². The molecule has 0 N–H and O–H groups in total. The third kappa shape index (κ3) is 5.37. The normalized spacial score (nSPS) is 18.0. The molecule has 0 bridgehead atoms. The molecule has 2 aliphatic rings. The highest BCUT2D eigenvalue weighted by molar-refractivity contribution is 9.10. The summed E-state index contributed by atoms with van der Waals surface area (Å²) < 4.78 is 3.41. The van der Waals surface area contributed by atoms with Crippen LogP contribution in [0.15, 0.2) is 87.2 Å². The number of benzene rings is 3. The number of carbonyl (C=O) groups is 1. The summed E-state index contributed by atoms with van der Waals surface area (Å²) in [5.41, 5.74) is 6.76. The third-order valence-electron chi connectivity index (χ3n) is 7.81. The Morgan fingerprint density at radius 2 is 1.68 bits per heavy atom. The first-order valence-corrected chi connectivity index (χ1v) is 15.6. The first kappa shape index (κ1) is 26.9. The Labute approximate surface area is 248 Å². The van der Waals surface area contributed by atoms with Gasteiger partial charge in [0.15, 0.2) is 5.17 Å². The van der Waals surface area contributed by atoms with Gasteiger partial charge in [0.25, 0.3) is 5.91 Å². The number of hydrogen-bond donors (Lipinski definition) is 0. The van der Waals surface area contributed by atoms with Gasteiger partial charge in [-0.05, 0) is 99.0 Å². The van der Waals surface area contributed by atoms with E-state index in [0.717, 1.165) is 51.6 Å². The fraction of sp³-hybridized carbons (Fsp3) is 0.273. The summed E-state index contributed by atoms with van der Waals surface area (Å²) in [5, 5.41) is 1.89. The van der Waals surface area contributed by atoms with Crippen molar-refractivity contribution in [3.8, 4) is 0 Å². The predicted octanol–water partition coefficient (Wildman–Crippen LogP) is 8.37. The van der Waals surface area contributed by atoms with Crippen molar-refractivity contribution in [2.75, 3.05) is 24.5 Å². The van der Waals surface area contributed by atoms with Crippen LogP contribution in [-0.4, -0.2) is 40.2 Å². The average molecular weight is 614 g/mol. The van der Waals surface area contributed by atoms with E-state index in [1.54, 1.807) is 4.90 Å². The van der Waals surface area contributed by atoms with Gasteiger partial charge in [0.05, 0.1) is 10.6 Å². The van der Waals surface area contributed by atoms with Gasteiger partial charge in [-0.3, -0.25) is 9.69 Å². The lowest BCUT2D eigenvalue weighted by Crippen LogP contribution is -2.29. The van der Waals surface area contributed by atoms with E-state index in [2.05, 4.69) is 111 Å². The number of thioether (sulfide) groups is 1. The van der Waals surface area contributed by atoms with Crippen LogP contribution in [0.25, 0.3) is 17.0 Å². The predicted molar refractivity (Wildman–Crippen MR) is 172 cm³/mol. The van der Waals surface area contributed by atoms with E-state index in [9.17, 15) is 4.79 Å². The van der Waals surface area contributed by atoms with Crippen LogP contribution in [-0.2, 0) is 11.3 Å². The van der Waals surface area contributed by atoms with E-state index < -0.39 is 0 Å². The molecular formula is C33H33BrN4OS. The number of carbonyl (C=O) groups excluding carboxylic acids is 1. The maximum absolute atomic E-state index is 13.5. The van der Waals surface area contributed by atoms with Gasteiger partial charge in [0.1, 0.15) is 0 Å².